The first-order chi connectivity index (χ1) is 11.6. The van der Waals surface area contributed by atoms with Gasteiger partial charge in [-0.2, -0.15) is 0 Å². The first-order valence-electron chi connectivity index (χ1n) is 7.78. The van der Waals surface area contributed by atoms with Crippen LogP contribution in [-0.4, -0.2) is 28.6 Å². The van der Waals surface area contributed by atoms with Crippen LogP contribution in [-0.2, 0) is 9.53 Å². The highest BCUT2D eigenvalue weighted by Crippen LogP contribution is 2.30. The van der Waals surface area contributed by atoms with E-state index in [9.17, 15) is 9.59 Å². The summed E-state index contributed by atoms with van der Waals surface area (Å²) in [5.41, 5.74) is 1.06. The van der Waals surface area contributed by atoms with Crippen LogP contribution in [0.25, 0.3) is 0 Å². The lowest BCUT2D eigenvalue weighted by Gasteiger charge is -2.16. The van der Waals surface area contributed by atoms with E-state index in [1.807, 2.05) is 18.2 Å². The van der Waals surface area contributed by atoms with Gasteiger partial charge < -0.3 is 15.2 Å². The largest absolute Gasteiger partial charge is 0.481 e. The number of amides is 1. The second-order valence-corrected chi connectivity index (χ2v) is 6.50. The van der Waals surface area contributed by atoms with Gasteiger partial charge in [-0.1, -0.05) is 30.3 Å². The standard InChI is InChI=1S/C17H18N2O4S/c20-15(21)9-12(11-5-2-1-3-6-11)18-16(22)13-10-24-17(19-13)14-7-4-8-23-14/h1-3,5-6,10,12,14H,4,7-9H2,(H,18,22)(H,20,21). The zero-order chi connectivity index (χ0) is 16.9. The molecule has 2 N–H and O–H groups in total. The normalized spacial score (nSPS) is 18.2. The fourth-order valence-corrected chi connectivity index (χ4v) is 3.54. The lowest BCUT2D eigenvalue weighted by Crippen LogP contribution is -2.30. The highest BCUT2D eigenvalue weighted by molar-refractivity contribution is 7.09. The summed E-state index contributed by atoms with van der Waals surface area (Å²) in [7, 11) is 0. The highest BCUT2D eigenvalue weighted by Gasteiger charge is 2.24. The number of thiazole rings is 1. The van der Waals surface area contributed by atoms with Gasteiger partial charge in [0.15, 0.2) is 0 Å². The summed E-state index contributed by atoms with van der Waals surface area (Å²) >= 11 is 1.40. The number of aromatic nitrogens is 1. The Hall–Kier alpha value is -2.25. The minimum Gasteiger partial charge on any atom is -0.481 e. The summed E-state index contributed by atoms with van der Waals surface area (Å²) in [6.07, 6.45) is 1.71. The van der Waals surface area contributed by atoms with E-state index in [2.05, 4.69) is 10.3 Å². The maximum atomic E-state index is 12.4. The van der Waals surface area contributed by atoms with Gasteiger partial charge in [0.05, 0.1) is 12.5 Å². The Balaban J connectivity index is 1.72. The molecular formula is C17H18N2O4S. The van der Waals surface area contributed by atoms with E-state index in [0.29, 0.717) is 5.69 Å². The third-order valence-electron chi connectivity index (χ3n) is 3.85. The Morgan fingerprint density at radius 3 is 2.83 bits per heavy atom. The number of rotatable bonds is 6. The van der Waals surface area contributed by atoms with Crippen molar-refractivity contribution in [2.75, 3.05) is 6.61 Å². The van der Waals surface area contributed by atoms with Crippen LogP contribution >= 0.6 is 11.3 Å². The number of nitrogens with one attached hydrogen (secondary N) is 1. The molecule has 2 heterocycles. The van der Waals surface area contributed by atoms with Gasteiger partial charge in [-0.15, -0.1) is 11.3 Å². The van der Waals surface area contributed by atoms with Crippen molar-refractivity contribution in [1.29, 1.82) is 0 Å². The van der Waals surface area contributed by atoms with E-state index in [1.54, 1.807) is 17.5 Å². The van der Waals surface area contributed by atoms with Crippen molar-refractivity contribution in [2.24, 2.45) is 0 Å². The van der Waals surface area contributed by atoms with Crippen molar-refractivity contribution in [3.8, 4) is 0 Å². The van der Waals surface area contributed by atoms with E-state index >= 15 is 0 Å². The first kappa shape index (κ1) is 16.6. The molecule has 0 saturated carbocycles. The van der Waals surface area contributed by atoms with Gasteiger partial charge in [0.1, 0.15) is 16.8 Å². The van der Waals surface area contributed by atoms with E-state index in [0.717, 1.165) is 30.0 Å². The number of carboxylic acid groups (broad SMARTS) is 1. The van der Waals surface area contributed by atoms with Crippen molar-refractivity contribution < 1.29 is 19.4 Å². The van der Waals surface area contributed by atoms with Crippen LogP contribution < -0.4 is 5.32 Å². The fraction of sp³-hybridized carbons (Fsp3) is 0.353. The minimum absolute atomic E-state index is 0.0273. The number of carbonyl (C=O) groups excluding carboxylic acids is 1. The molecule has 0 radical (unpaired) electrons. The van der Waals surface area contributed by atoms with Crippen LogP contribution in [0.15, 0.2) is 35.7 Å². The second kappa shape index (κ2) is 7.55. The maximum absolute atomic E-state index is 12.4. The third-order valence-corrected chi connectivity index (χ3v) is 4.78. The van der Waals surface area contributed by atoms with Crippen molar-refractivity contribution in [3.05, 3.63) is 52.0 Å². The Morgan fingerprint density at radius 2 is 2.17 bits per heavy atom. The average molecular weight is 346 g/mol. The van der Waals surface area contributed by atoms with Crippen LogP contribution in [0.1, 0.15) is 52.5 Å². The highest BCUT2D eigenvalue weighted by atomic mass is 32.1. The fourth-order valence-electron chi connectivity index (χ4n) is 2.66. The van der Waals surface area contributed by atoms with E-state index < -0.39 is 12.0 Å². The molecule has 1 aromatic carbocycles. The van der Waals surface area contributed by atoms with Gasteiger partial charge >= 0.3 is 5.97 Å². The number of hydrogen-bond donors (Lipinski definition) is 2. The molecule has 0 bridgehead atoms. The van der Waals surface area contributed by atoms with Gasteiger partial charge in [-0.05, 0) is 18.4 Å². The predicted octanol–water partition coefficient (Wildman–Crippen LogP) is 2.94. The molecule has 1 aromatic heterocycles. The van der Waals surface area contributed by atoms with E-state index in [4.69, 9.17) is 9.84 Å². The molecule has 0 aliphatic carbocycles. The van der Waals surface area contributed by atoms with Crippen LogP contribution in [0, 0.1) is 0 Å². The minimum atomic E-state index is -0.970. The Bertz CT molecular complexity index is 710. The number of nitrogens with zero attached hydrogens (tertiary/aromatic N) is 1. The maximum Gasteiger partial charge on any atom is 0.305 e. The number of carbonyl (C=O) groups is 2. The van der Waals surface area contributed by atoms with E-state index in [1.165, 1.54) is 11.3 Å². The van der Waals surface area contributed by atoms with Crippen molar-refractivity contribution in [2.45, 2.75) is 31.4 Å². The number of ether oxygens (including phenoxy) is 1. The van der Waals surface area contributed by atoms with Crippen molar-refractivity contribution in [1.82, 2.24) is 10.3 Å². The molecule has 1 aliphatic heterocycles. The predicted molar refractivity (Wildman–Crippen MR) is 88.9 cm³/mol. The van der Waals surface area contributed by atoms with E-state index in [-0.39, 0.29) is 18.4 Å². The molecule has 2 atom stereocenters. The average Bonchev–Trinajstić information content (AvgIpc) is 3.25. The zero-order valence-corrected chi connectivity index (χ0v) is 13.8. The van der Waals surface area contributed by atoms with Crippen molar-refractivity contribution >= 4 is 23.2 Å². The van der Waals surface area contributed by atoms with Crippen molar-refractivity contribution in [3.63, 3.8) is 0 Å². The van der Waals surface area contributed by atoms with Gasteiger partial charge in [0, 0.05) is 12.0 Å². The van der Waals surface area contributed by atoms with Gasteiger partial charge in [-0.3, -0.25) is 9.59 Å². The number of benzene rings is 1. The summed E-state index contributed by atoms with van der Waals surface area (Å²) in [6.45, 7) is 0.723. The summed E-state index contributed by atoms with van der Waals surface area (Å²) in [6, 6.07) is 8.48. The van der Waals surface area contributed by atoms with Gasteiger partial charge in [-0.25, -0.2) is 4.98 Å². The molecule has 2 unspecified atom stereocenters. The molecule has 0 spiro atoms. The molecule has 1 saturated heterocycles. The Kier molecular flexibility index (Phi) is 5.22. The summed E-state index contributed by atoms with van der Waals surface area (Å²) in [5, 5.41) is 14.4. The van der Waals surface area contributed by atoms with Crippen LogP contribution in [0.3, 0.4) is 0 Å². The quantitative estimate of drug-likeness (QED) is 0.839. The van der Waals surface area contributed by atoms with Crippen LogP contribution in [0.2, 0.25) is 0 Å². The number of carboxylic acids is 1. The lowest BCUT2D eigenvalue weighted by molar-refractivity contribution is -0.137. The molecule has 126 valence electrons. The topological polar surface area (TPSA) is 88.5 Å². The van der Waals surface area contributed by atoms with Crippen LogP contribution in [0.5, 0.6) is 0 Å². The Morgan fingerprint density at radius 1 is 1.38 bits per heavy atom. The molecule has 2 aromatic rings. The SMILES string of the molecule is O=C(O)CC(NC(=O)c1csc(C2CCCO2)n1)c1ccccc1. The van der Waals surface area contributed by atoms with Gasteiger partial charge in [0.2, 0.25) is 0 Å². The monoisotopic (exact) mass is 346 g/mol. The summed E-state index contributed by atoms with van der Waals surface area (Å²) in [4.78, 5) is 27.9. The summed E-state index contributed by atoms with van der Waals surface area (Å²) in [5.74, 6) is -1.34. The van der Waals surface area contributed by atoms with Gasteiger partial charge in [0.25, 0.3) is 5.91 Å². The molecule has 1 amide bonds. The third kappa shape index (κ3) is 3.98. The zero-order valence-electron chi connectivity index (χ0n) is 13.0. The summed E-state index contributed by atoms with van der Waals surface area (Å²) < 4.78 is 5.57. The molecule has 3 rings (SSSR count). The molecule has 24 heavy (non-hydrogen) atoms. The second-order valence-electron chi connectivity index (χ2n) is 5.61. The number of hydrogen-bond acceptors (Lipinski definition) is 5. The number of aliphatic carboxylic acids is 1. The Labute approximate surface area is 143 Å². The lowest BCUT2D eigenvalue weighted by atomic mass is 10.0. The molecular weight excluding hydrogens is 328 g/mol. The molecule has 1 aliphatic rings. The first-order valence-corrected chi connectivity index (χ1v) is 8.66. The molecule has 7 heteroatoms. The smallest absolute Gasteiger partial charge is 0.305 e. The molecule has 6 nitrogen and oxygen atoms in total. The molecule has 1 fully saturated rings. The van der Waals surface area contributed by atoms with Crippen LogP contribution in [0.4, 0.5) is 0 Å².